The van der Waals surface area contributed by atoms with E-state index in [2.05, 4.69) is 12.2 Å². The van der Waals surface area contributed by atoms with Crippen LogP contribution >= 0.6 is 0 Å². The highest BCUT2D eigenvalue weighted by atomic mass is 16.7. The number of rotatable bonds is 6. The molecular formula is C33H52O9. The highest BCUT2D eigenvalue weighted by Crippen LogP contribution is 2.57. The fourth-order valence-electron chi connectivity index (χ4n) is 8.93. The molecular weight excluding hydrogens is 540 g/mol. The van der Waals surface area contributed by atoms with Crippen LogP contribution in [0.2, 0.25) is 0 Å². The van der Waals surface area contributed by atoms with Gasteiger partial charge in [-0.25, -0.2) is 0 Å². The average Bonchev–Trinajstić information content (AvgIpc) is 3.55. The Morgan fingerprint density at radius 1 is 0.905 bits per heavy atom. The molecule has 9 heteroatoms. The van der Waals surface area contributed by atoms with Gasteiger partial charge in [0.1, 0.15) is 30.2 Å². The number of esters is 1. The maximum atomic E-state index is 13.8. The summed E-state index contributed by atoms with van der Waals surface area (Å²) in [6.45, 7) is 5.86. The first kappa shape index (κ1) is 32.0. The summed E-state index contributed by atoms with van der Waals surface area (Å²) >= 11 is 0. The molecule has 2 saturated carbocycles. The van der Waals surface area contributed by atoms with Crippen LogP contribution in [0.15, 0.2) is 12.2 Å². The van der Waals surface area contributed by atoms with Crippen LogP contribution in [0, 0.1) is 41.4 Å². The molecule has 9 nitrogen and oxygen atoms in total. The number of hydrogen-bond donors (Lipinski definition) is 1. The van der Waals surface area contributed by atoms with Gasteiger partial charge in [0.05, 0.1) is 18.3 Å². The number of ketones is 1. The molecule has 0 amide bonds. The molecule has 42 heavy (non-hydrogen) atoms. The largest absolute Gasteiger partial charge is 0.462 e. The van der Waals surface area contributed by atoms with Crippen molar-refractivity contribution in [3.05, 3.63) is 12.2 Å². The molecule has 0 bridgehead atoms. The van der Waals surface area contributed by atoms with Crippen molar-refractivity contribution in [2.45, 2.75) is 121 Å². The molecule has 2 saturated heterocycles. The Hall–Kier alpha value is -1.36. The topological polar surface area (TPSA) is 110 Å². The van der Waals surface area contributed by atoms with E-state index in [1.54, 1.807) is 21.3 Å². The molecule has 2 aliphatic heterocycles. The number of allylic oxidation sites excluding steroid dienone is 2. The number of cyclic esters (lactones) is 1. The number of carbonyl (C=O) groups is 2. The van der Waals surface area contributed by atoms with Crippen molar-refractivity contribution >= 4 is 11.8 Å². The molecule has 0 aromatic heterocycles. The van der Waals surface area contributed by atoms with Crippen LogP contribution in [0.3, 0.4) is 0 Å². The number of hydrogen-bond acceptors (Lipinski definition) is 9. The summed E-state index contributed by atoms with van der Waals surface area (Å²) in [6, 6.07) is 0. The normalized spacial score (nSPS) is 48.0. The summed E-state index contributed by atoms with van der Waals surface area (Å²) in [7, 11) is 4.95. The Bertz CT molecular complexity index is 969. The van der Waals surface area contributed by atoms with E-state index in [1.165, 1.54) is 0 Å². The van der Waals surface area contributed by atoms with Crippen LogP contribution in [0.4, 0.5) is 0 Å². The SMILES string of the molecule is CC[C@H]1CCC[C@@H](O)[C@@H](C)C(=O)C2C[C@H]3C4C[C@H](OC5OC(C)C(OC)C(OC)C5OC)C[C@H]4C=C[C@H]3C2CC(=O)O1. The zero-order chi connectivity index (χ0) is 30.1. The van der Waals surface area contributed by atoms with Gasteiger partial charge in [0.25, 0.3) is 0 Å². The first-order valence-electron chi connectivity index (χ1n) is 16.2. The van der Waals surface area contributed by atoms with Crippen molar-refractivity contribution in [2.24, 2.45) is 41.4 Å². The smallest absolute Gasteiger partial charge is 0.306 e. The maximum absolute atomic E-state index is 13.8. The zero-order valence-corrected chi connectivity index (χ0v) is 26.2. The number of aliphatic hydroxyl groups is 1. The number of fused-ring (bicyclic) bond motifs is 5. The molecule has 5 aliphatic rings. The van der Waals surface area contributed by atoms with Crippen LogP contribution in [0.1, 0.15) is 72.1 Å². The van der Waals surface area contributed by atoms with Gasteiger partial charge in [-0.2, -0.15) is 0 Å². The van der Waals surface area contributed by atoms with Crippen LogP contribution in [-0.4, -0.2) is 87.2 Å². The summed E-state index contributed by atoms with van der Waals surface area (Å²) in [4.78, 5) is 27.0. The lowest BCUT2D eigenvalue weighted by Gasteiger charge is -2.44. The van der Waals surface area contributed by atoms with Crippen molar-refractivity contribution in [1.82, 2.24) is 0 Å². The zero-order valence-electron chi connectivity index (χ0n) is 26.2. The van der Waals surface area contributed by atoms with Crippen LogP contribution in [0.25, 0.3) is 0 Å². The second-order valence-corrected chi connectivity index (χ2v) is 13.4. The highest BCUT2D eigenvalue weighted by Gasteiger charge is 2.55. The lowest BCUT2D eigenvalue weighted by atomic mass is 9.71. The van der Waals surface area contributed by atoms with Gasteiger partial charge in [-0.05, 0) is 81.5 Å². The van der Waals surface area contributed by atoms with E-state index in [0.717, 1.165) is 38.5 Å². The monoisotopic (exact) mass is 592 g/mol. The fraction of sp³-hybridized carbons (Fsp3) is 0.879. The van der Waals surface area contributed by atoms with E-state index in [-0.39, 0.29) is 72.4 Å². The maximum Gasteiger partial charge on any atom is 0.306 e. The molecule has 4 fully saturated rings. The van der Waals surface area contributed by atoms with E-state index < -0.39 is 24.4 Å². The lowest BCUT2D eigenvalue weighted by molar-refractivity contribution is -0.314. The average molecular weight is 593 g/mol. The van der Waals surface area contributed by atoms with Gasteiger partial charge >= 0.3 is 5.97 Å². The number of ether oxygens (including phenoxy) is 6. The van der Waals surface area contributed by atoms with Gasteiger partial charge in [-0.3, -0.25) is 9.59 Å². The summed E-state index contributed by atoms with van der Waals surface area (Å²) in [5.74, 6) is 0.229. The third-order valence-corrected chi connectivity index (χ3v) is 11.2. The minimum absolute atomic E-state index is 0.0202. The van der Waals surface area contributed by atoms with Gasteiger partial charge < -0.3 is 33.5 Å². The van der Waals surface area contributed by atoms with Crippen LogP contribution in [0.5, 0.6) is 0 Å². The third kappa shape index (κ3) is 6.24. The summed E-state index contributed by atoms with van der Waals surface area (Å²) in [6.07, 6.45) is 7.45. The van der Waals surface area contributed by atoms with Crippen LogP contribution in [-0.2, 0) is 38.0 Å². The Morgan fingerprint density at radius 2 is 1.64 bits per heavy atom. The molecule has 0 spiro atoms. The number of aliphatic hydroxyl groups excluding tert-OH is 1. The highest BCUT2D eigenvalue weighted by molar-refractivity contribution is 5.85. The molecule has 15 atom stereocenters. The quantitative estimate of drug-likeness (QED) is 0.360. The fourth-order valence-corrected chi connectivity index (χ4v) is 8.93. The van der Waals surface area contributed by atoms with Crippen molar-refractivity contribution in [3.63, 3.8) is 0 Å². The predicted molar refractivity (Wildman–Crippen MR) is 154 cm³/mol. The predicted octanol–water partition coefficient (Wildman–Crippen LogP) is 4.09. The Kier molecular flexibility index (Phi) is 10.5. The van der Waals surface area contributed by atoms with Gasteiger partial charge in [-0.15, -0.1) is 0 Å². The Balaban J connectivity index is 1.32. The molecule has 3 aliphatic carbocycles. The minimum atomic E-state index is -0.666. The van der Waals surface area contributed by atoms with Crippen molar-refractivity contribution in [2.75, 3.05) is 21.3 Å². The summed E-state index contributed by atoms with van der Waals surface area (Å²) in [5.41, 5.74) is 0. The molecule has 2 heterocycles. The van der Waals surface area contributed by atoms with Gasteiger partial charge in [0.2, 0.25) is 0 Å². The standard InChI is InChI=1S/C33H52O9/c1-7-20-9-8-10-27(34)17(2)29(36)26-15-24-22(25(26)16-28(35)41-20)12-11-19-13-21(14-23(19)24)42-33-32(39-6)31(38-5)30(37-4)18(3)40-33/h11-12,17-27,30-34H,7-10,13-16H2,1-6H3/t17-,18?,19-,20+,21-,22-,23?,24-,25?,26?,27-,30?,31?,32?,33?/m1/s1. The number of carbonyl (C=O) groups excluding carboxylic acids is 2. The first-order valence-corrected chi connectivity index (χ1v) is 16.2. The number of Topliss-reactive ketones (excluding diaryl/α,β-unsaturated/α-hetero) is 1. The van der Waals surface area contributed by atoms with E-state index in [4.69, 9.17) is 28.4 Å². The Morgan fingerprint density at radius 3 is 2.33 bits per heavy atom. The first-order chi connectivity index (χ1) is 20.2. The third-order valence-electron chi connectivity index (χ3n) is 11.2. The molecule has 0 aromatic rings. The minimum Gasteiger partial charge on any atom is -0.462 e. The van der Waals surface area contributed by atoms with Gasteiger partial charge in [-0.1, -0.05) is 26.0 Å². The van der Waals surface area contributed by atoms with Crippen molar-refractivity contribution < 1.29 is 43.1 Å². The molecule has 1 N–H and O–H groups in total. The van der Waals surface area contributed by atoms with Crippen LogP contribution < -0.4 is 0 Å². The lowest BCUT2D eigenvalue weighted by Crippen LogP contribution is -2.59. The Labute approximate surface area is 250 Å². The number of methoxy groups -OCH3 is 3. The van der Waals surface area contributed by atoms with E-state index >= 15 is 0 Å². The molecule has 0 radical (unpaired) electrons. The molecule has 5 rings (SSSR count). The van der Waals surface area contributed by atoms with Crippen molar-refractivity contribution in [3.8, 4) is 0 Å². The summed E-state index contributed by atoms with van der Waals surface area (Å²) in [5, 5.41) is 10.9. The molecule has 238 valence electrons. The molecule has 0 aromatic carbocycles. The van der Waals surface area contributed by atoms with Gasteiger partial charge in [0, 0.05) is 39.6 Å². The second kappa shape index (κ2) is 13.7. The van der Waals surface area contributed by atoms with E-state index in [9.17, 15) is 14.7 Å². The molecule has 8 unspecified atom stereocenters. The van der Waals surface area contributed by atoms with Crippen molar-refractivity contribution in [1.29, 1.82) is 0 Å². The van der Waals surface area contributed by atoms with E-state index in [1.807, 2.05) is 20.8 Å². The van der Waals surface area contributed by atoms with E-state index in [0.29, 0.717) is 18.3 Å². The van der Waals surface area contributed by atoms with Gasteiger partial charge in [0.15, 0.2) is 6.29 Å². The second-order valence-electron chi connectivity index (χ2n) is 13.4. The summed E-state index contributed by atoms with van der Waals surface area (Å²) < 4.78 is 36.0.